The largest absolute Gasteiger partial charge is 0.310 e. The standard InChI is InChI=1S/C9H8IN/c10-11-7-3-5-8-4-1-2-6-9(8)11/h1-6H,7H2. The lowest BCUT2D eigenvalue weighted by Gasteiger charge is -2.20. The number of hydrogen-bond donors (Lipinski definition) is 0. The summed E-state index contributed by atoms with van der Waals surface area (Å²) < 4.78 is 2.22. The number of rotatable bonds is 0. The first-order valence-electron chi connectivity index (χ1n) is 3.57. The Morgan fingerprint density at radius 2 is 2.09 bits per heavy atom. The maximum Gasteiger partial charge on any atom is 0.0594 e. The molecule has 56 valence electrons. The molecule has 0 radical (unpaired) electrons. The predicted molar refractivity (Wildman–Crippen MR) is 56.8 cm³/mol. The van der Waals surface area contributed by atoms with Gasteiger partial charge in [-0.15, -0.1) is 0 Å². The van der Waals surface area contributed by atoms with E-state index < -0.39 is 0 Å². The van der Waals surface area contributed by atoms with Gasteiger partial charge in [-0.05, 0) is 11.6 Å². The van der Waals surface area contributed by atoms with Crippen LogP contribution < -0.4 is 3.11 Å². The van der Waals surface area contributed by atoms with E-state index >= 15 is 0 Å². The molecule has 1 aliphatic heterocycles. The molecular formula is C9H8IN. The highest BCUT2D eigenvalue weighted by Crippen LogP contribution is 2.27. The quantitative estimate of drug-likeness (QED) is 0.510. The molecule has 0 amide bonds. The minimum Gasteiger partial charge on any atom is -0.310 e. The lowest BCUT2D eigenvalue weighted by atomic mass is 10.1. The number of hydrogen-bond acceptors (Lipinski definition) is 1. The zero-order chi connectivity index (χ0) is 7.68. The monoisotopic (exact) mass is 257 g/mol. The third kappa shape index (κ3) is 1.27. The molecule has 2 heteroatoms. The fourth-order valence-corrected chi connectivity index (χ4v) is 1.89. The molecule has 0 fully saturated rings. The Morgan fingerprint density at radius 3 is 2.91 bits per heavy atom. The average Bonchev–Trinajstić information content (AvgIpc) is 2.06. The van der Waals surface area contributed by atoms with Crippen LogP contribution in [0.1, 0.15) is 5.56 Å². The predicted octanol–water partition coefficient (Wildman–Crippen LogP) is 2.87. The summed E-state index contributed by atoms with van der Waals surface area (Å²) in [6.45, 7) is 1.01. The van der Waals surface area contributed by atoms with E-state index in [1.54, 1.807) is 0 Å². The van der Waals surface area contributed by atoms with Crippen LogP contribution in [0.3, 0.4) is 0 Å². The molecule has 1 heterocycles. The first kappa shape index (κ1) is 7.16. The molecule has 0 saturated heterocycles. The molecular weight excluding hydrogens is 249 g/mol. The Kier molecular flexibility index (Phi) is 1.85. The number of fused-ring (bicyclic) bond motifs is 1. The van der Waals surface area contributed by atoms with Crippen molar-refractivity contribution < 1.29 is 0 Å². The van der Waals surface area contributed by atoms with E-state index in [1.165, 1.54) is 11.3 Å². The van der Waals surface area contributed by atoms with Crippen LogP contribution in [-0.2, 0) is 0 Å². The first-order chi connectivity index (χ1) is 5.38. The molecule has 1 aliphatic rings. The van der Waals surface area contributed by atoms with Crippen LogP contribution in [0.4, 0.5) is 5.69 Å². The second kappa shape index (κ2) is 2.85. The highest BCUT2D eigenvalue weighted by molar-refractivity contribution is 14.1. The van der Waals surface area contributed by atoms with Crippen LogP contribution in [0.2, 0.25) is 0 Å². The van der Waals surface area contributed by atoms with Gasteiger partial charge in [0.05, 0.1) is 28.6 Å². The topological polar surface area (TPSA) is 3.24 Å². The van der Waals surface area contributed by atoms with Crippen molar-refractivity contribution in [2.45, 2.75) is 0 Å². The Hall–Kier alpha value is -0.510. The van der Waals surface area contributed by atoms with Gasteiger partial charge in [0, 0.05) is 6.54 Å². The maximum absolute atomic E-state index is 2.33. The Balaban J connectivity index is 2.54. The molecule has 0 aromatic heterocycles. The molecule has 1 aromatic carbocycles. The summed E-state index contributed by atoms with van der Waals surface area (Å²) in [7, 11) is 0. The number of para-hydroxylation sites is 1. The summed E-state index contributed by atoms with van der Waals surface area (Å²) in [5, 5.41) is 0. The van der Waals surface area contributed by atoms with E-state index in [-0.39, 0.29) is 0 Å². The minimum atomic E-state index is 1.01. The van der Waals surface area contributed by atoms with Gasteiger partial charge in [0.15, 0.2) is 0 Å². The van der Waals surface area contributed by atoms with Gasteiger partial charge in [-0.25, -0.2) is 0 Å². The molecule has 2 rings (SSSR count). The molecule has 11 heavy (non-hydrogen) atoms. The zero-order valence-corrected chi connectivity index (χ0v) is 8.15. The van der Waals surface area contributed by atoms with Crippen molar-refractivity contribution >= 4 is 34.6 Å². The maximum atomic E-state index is 2.33. The van der Waals surface area contributed by atoms with Crippen molar-refractivity contribution in [1.29, 1.82) is 0 Å². The van der Waals surface area contributed by atoms with Crippen molar-refractivity contribution in [2.24, 2.45) is 0 Å². The number of anilines is 1. The van der Waals surface area contributed by atoms with Crippen LogP contribution in [0.15, 0.2) is 30.3 Å². The Labute approximate surface area is 80.2 Å². The SMILES string of the molecule is IN1CC=Cc2ccccc21. The molecule has 0 N–H and O–H groups in total. The third-order valence-corrected chi connectivity index (χ3v) is 2.67. The molecule has 0 bridgehead atoms. The van der Waals surface area contributed by atoms with E-state index in [2.05, 4.69) is 62.4 Å². The average molecular weight is 257 g/mol. The summed E-state index contributed by atoms with van der Waals surface area (Å²) >= 11 is 2.33. The van der Waals surface area contributed by atoms with Gasteiger partial charge in [0.25, 0.3) is 0 Å². The van der Waals surface area contributed by atoms with E-state index in [4.69, 9.17) is 0 Å². The highest BCUT2D eigenvalue weighted by atomic mass is 127. The van der Waals surface area contributed by atoms with Crippen molar-refractivity contribution in [2.75, 3.05) is 9.66 Å². The van der Waals surface area contributed by atoms with Gasteiger partial charge in [0.2, 0.25) is 0 Å². The summed E-state index contributed by atoms with van der Waals surface area (Å²) in [6, 6.07) is 8.42. The number of nitrogens with zero attached hydrogens (tertiary/aromatic N) is 1. The van der Waals surface area contributed by atoms with Gasteiger partial charge >= 0.3 is 0 Å². The van der Waals surface area contributed by atoms with E-state index in [9.17, 15) is 0 Å². The first-order valence-corrected chi connectivity index (χ1v) is 4.53. The Morgan fingerprint density at radius 1 is 1.27 bits per heavy atom. The molecule has 1 nitrogen and oxygen atoms in total. The smallest absolute Gasteiger partial charge is 0.0594 e. The molecule has 1 aromatic rings. The molecule has 0 aliphatic carbocycles. The van der Waals surface area contributed by atoms with Crippen LogP contribution in [0.5, 0.6) is 0 Å². The molecule has 0 saturated carbocycles. The van der Waals surface area contributed by atoms with E-state index in [1.807, 2.05) is 0 Å². The van der Waals surface area contributed by atoms with Crippen LogP contribution in [0.25, 0.3) is 6.08 Å². The summed E-state index contributed by atoms with van der Waals surface area (Å²) in [5.74, 6) is 0. The lowest BCUT2D eigenvalue weighted by molar-refractivity contribution is 1.23. The Bertz CT molecular complexity index is 293. The van der Waals surface area contributed by atoms with Gasteiger partial charge < -0.3 is 3.11 Å². The molecule has 0 spiro atoms. The number of halogens is 1. The highest BCUT2D eigenvalue weighted by Gasteiger charge is 2.07. The van der Waals surface area contributed by atoms with Crippen LogP contribution in [-0.4, -0.2) is 6.54 Å². The van der Waals surface area contributed by atoms with Crippen molar-refractivity contribution in [3.8, 4) is 0 Å². The van der Waals surface area contributed by atoms with Gasteiger partial charge in [-0.1, -0.05) is 30.4 Å². The summed E-state index contributed by atoms with van der Waals surface area (Å²) in [5.41, 5.74) is 2.63. The van der Waals surface area contributed by atoms with Crippen LogP contribution in [0, 0.1) is 0 Å². The van der Waals surface area contributed by atoms with Crippen molar-refractivity contribution in [1.82, 2.24) is 0 Å². The molecule has 0 unspecified atom stereocenters. The normalized spacial score (nSPS) is 14.8. The van der Waals surface area contributed by atoms with E-state index in [0.29, 0.717) is 0 Å². The fraction of sp³-hybridized carbons (Fsp3) is 0.111. The third-order valence-electron chi connectivity index (χ3n) is 1.76. The van der Waals surface area contributed by atoms with E-state index in [0.717, 1.165) is 6.54 Å². The van der Waals surface area contributed by atoms with Gasteiger partial charge in [-0.3, -0.25) is 0 Å². The summed E-state index contributed by atoms with van der Waals surface area (Å²) in [4.78, 5) is 0. The van der Waals surface area contributed by atoms with Gasteiger partial charge in [0.1, 0.15) is 0 Å². The second-order valence-electron chi connectivity index (χ2n) is 2.51. The van der Waals surface area contributed by atoms with Gasteiger partial charge in [-0.2, -0.15) is 0 Å². The minimum absolute atomic E-state index is 1.01. The van der Waals surface area contributed by atoms with Crippen molar-refractivity contribution in [3.05, 3.63) is 35.9 Å². The van der Waals surface area contributed by atoms with Crippen molar-refractivity contribution in [3.63, 3.8) is 0 Å². The zero-order valence-electron chi connectivity index (χ0n) is 6.00. The molecule has 0 atom stereocenters. The van der Waals surface area contributed by atoms with Crippen LogP contribution >= 0.6 is 22.9 Å². The second-order valence-corrected chi connectivity index (χ2v) is 3.67. The fourth-order valence-electron chi connectivity index (χ4n) is 1.22. The number of benzene rings is 1. The lowest BCUT2D eigenvalue weighted by Crippen LogP contribution is -2.12. The summed E-state index contributed by atoms with van der Waals surface area (Å²) in [6.07, 6.45) is 4.35.